The molecule has 2 amide bonds. The second kappa shape index (κ2) is 7.80. The number of benzene rings is 2. The van der Waals surface area contributed by atoms with Gasteiger partial charge < -0.3 is 4.74 Å². The third-order valence-electron chi connectivity index (χ3n) is 3.73. The Balaban J connectivity index is 1.87. The number of hydrogen-bond acceptors (Lipinski definition) is 4. The molecule has 0 radical (unpaired) electrons. The largest absolute Gasteiger partial charge is 0.488 e. The molecule has 1 aliphatic heterocycles. The van der Waals surface area contributed by atoms with Gasteiger partial charge in [0.15, 0.2) is 5.11 Å². The van der Waals surface area contributed by atoms with Gasteiger partial charge in [0.2, 0.25) is 0 Å². The summed E-state index contributed by atoms with van der Waals surface area (Å²) in [5, 5.41) is 4.84. The molecule has 0 spiro atoms. The minimum Gasteiger partial charge on any atom is -0.488 e. The number of aryl methyl sites for hydroxylation is 1. The number of amides is 2. The number of halogens is 1. The van der Waals surface area contributed by atoms with E-state index in [-0.39, 0.29) is 10.7 Å². The van der Waals surface area contributed by atoms with Crippen molar-refractivity contribution in [1.82, 2.24) is 10.6 Å². The van der Waals surface area contributed by atoms with Gasteiger partial charge in [-0.1, -0.05) is 45.8 Å². The fourth-order valence-corrected chi connectivity index (χ4v) is 2.93. The van der Waals surface area contributed by atoms with Crippen LogP contribution in [0.4, 0.5) is 0 Å². The Kier molecular flexibility index (Phi) is 5.49. The summed E-state index contributed by atoms with van der Waals surface area (Å²) in [6.45, 7) is 2.40. The average molecular weight is 431 g/mol. The summed E-state index contributed by atoms with van der Waals surface area (Å²) < 4.78 is 6.70. The first-order valence-electron chi connectivity index (χ1n) is 7.78. The minimum absolute atomic E-state index is 0.00207. The topological polar surface area (TPSA) is 67.4 Å². The molecule has 1 heterocycles. The lowest BCUT2D eigenvalue weighted by Crippen LogP contribution is -2.51. The van der Waals surface area contributed by atoms with Crippen molar-refractivity contribution in [2.45, 2.75) is 13.5 Å². The van der Waals surface area contributed by atoms with Crippen molar-refractivity contribution >= 4 is 51.2 Å². The summed E-state index contributed by atoms with van der Waals surface area (Å²) in [4.78, 5) is 24.1. The van der Waals surface area contributed by atoms with Crippen LogP contribution < -0.4 is 15.4 Å². The maximum atomic E-state index is 12.0. The summed E-state index contributed by atoms with van der Waals surface area (Å²) in [5.41, 5.74) is 2.78. The van der Waals surface area contributed by atoms with Gasteiger partial charge in [0, 0.05) is 10.0 Å². The molecule has 2 aromatic carbocycles. The van der Waals surface area contributed by atoms with E-state index in [4.69, 9.17) is 17.0 Å². The van der Waals surface area contributed by atoms with E-state index in [9.17, 15) is 9.59 Å². The third-order valence-corrected chi connectivity index (χ3v) is 4.43. The first-order chi connectivity index (χ1) is 12.4. The van der Waals surface area contributed by atoms with Crippen LogP contribution in [0.15, 0.2) is 52.5 Å². The van der Waals surface area contributed by atoms with Crippen LogP contribution in [-0.2, 0) is 16.2 Å². The summed E-state index contributed by atoms with van der Waals surface area (Å²) in [6.07, 6.45) is 1.49. The lowest BCUT2D eigenvalue weighted by atomic mass is 10.1. The normalized spacial score (nSPS) is 13.9. The van der Waals surface area contributed by atoms with Crippen molar-refractivity contribution in [1.29, 1.82) is 0 Å². The van der Waals surface area contributed by atoms with E-state index in [1.165, 1.54) is 11.6 Å². The van der Waals surface area contributed by atoms with Gasteiger partial charge in [0.05, 0.1) is 0 Å². The highest BCUT2D eigenvalue weighted by Gasteiger charge is 2.26. The molecule has 0 aromatic heterocycles. The molecular weight excluding hydrogens is 416 g/mol. The van der Waals surface area contributed by atoms with Gasteiger partial charge in [-0.2, -0.15) is 0 Å². The Hall–Kier alpha value is -2.51. The highest BCUT2D eigenvalue weighted by atomic mass is 79.9. The number of ether oxygens (including phenoxy) is 1. The molecule has 1 saturated heterocycles. The Bertz CT molecular complexity index is 901. The minimum atomic E-state index is -0.539. The van der Waals surface area contributed by atoms with E-state index >= 15 is 0 Å². The van der Waals surface area contributed by atoms with Crippen LogP contribution in [0, 0.1) is 6.92 Å². The van der Waals surface area contributed by atoms with Gasteiger partial charge in [0.25, 0.3) is 11.8 Å². The molecule has 7 heteroatoms. The molecule has 5 nitrogen and oxygen atoms in total. The molecule has 0 atom stereocenters. The SMILES string of the molecule is Cc1ccc(COc2ccc(Br)cc2C=C2C(=O)NC(=S)NC2=O)cc1. The Morgan fingerprint density at radius 1 is 1.08 bits per heavy atom. The average Bonchev–Trinajstić information content (AvgIpc) is 2.58. The zero-order valence-corrected chi connectivity index (χ0v) is 16.2. The molecule has 0 unspecified atom stereocenters. The van der Waals surface area contributed by atoms with Gasteiger partial charge in [-0.15, -0.1) is 0 Å². The second-order valence-corrected chi connectivity index (χ2v) is 7.08. The van der Waals surface area contributed by atoms with Gasteiger partial charge >= 0.3 is 0 Å². The molecule has 0 bridgehead atoms. The second-order valence-electron chi connectivity index (χ2n) is 5.75. The third kappa shape index (κ3) is 4.36. The van der Waals surface area contributed by atoms with Crippen molar-refractivity contribution in [2.24, 2.45) is 0 Å². The zero-order valence-electron chi connectivity index (χ0n) is 13.8. The maximum Gasteiger partial charge on any atom is 0.263 e. The molecule has 1 aliphatic rings. The number of nitrogens with one attached hydrogen (secondary N) is 2. The molecule has 3 rings (SSSR count). The predicted molar refractivity (Wildman–Crippen MR) is 107 cm³/mol. The standard InChI is InChI=1S/C19H15BrN2O3S/c1-11-2-4-12(5-3-11)10-25-16-7-6-14(20)8-13(16)9-15-17(23)21-19(26)22-18(15)24/h2-9H,10H2,1H3,(H2,21,22,23,24,26). The molecule has 2 N–H and O–H groups in total. The van der Waals surface area contributed by atoms with Crippen LogP contribution in [0.5, 0.6) is 5.75 Å². The van der Waals surface area contributed by atoms with Crippen LogP contribution in [0.2, 0.25) is 0 Å². The molecular formula is C19H15BrN2O3S. The first kappa shape index (κ1) is 18.3. The number of rotatable bonds is 4. The number of carbonyl (C=O) groups excluding carboxylic acids is 2. The molecule has 26 heavy (non-hydrogen) atoms. The number of thiocarbonyl (C=S) groups is 1. The van der Waals surface area contributed by atoms with Crippen molar-refractivity contribution in [2.75, 3.05) is 0 Å². The monoisotopic (exact) mass is 430 g/mol. The Morgan fingerprint density at radius 2 is 1.73 bits per heavy atom. The van der Waals surface area contributed by atoms with Gasteiger partial charge in [-0.05, 0) is 49.0 Å². The summed E-state index contributed by atoms with van der Waals surface area (Å²) in [6, 6.07) is 13.4. The molecule has 132 valence electrons. The lowest BCUT2D eigenvalue weighted by Gasteiger charge is -2.17. The Labute approximate surface area is 164 Å². The smallest absolute Gasteiger partial charge is 0.263 e. The molecule has 1 fully saturated rings. The summed E-state index contributed by atoms with van der Waals surface area (Å²) in [5.74, 6) is -0.513. The van der Waals surface area contributed by atoms with E-state index in [1.807, 2.05) is 37.3 Å². The quantitative estimate of drug-likeness (QED) is 0.443. The van der Waals surface area contributed by atoms with Gasteiger partial charge in [0.1, 0.15) is 17.9 Å². The van der Waals surface area contributed by atoms with Crippen LogP contribution in [0.25, 0.3) is 6.08 Å². The van der Waals surface area contributed by atoms with Crippen molar-refractivity contribution in [3.63, 3.8) is 0 Å². The number of hydrogen-bond donors (Lipinski definition) is 2. The Morgan fingerprint density at radius 3 is 2.38 bits per heavy atom. The fraction of sp³-hybridized carbons (Fsp3) is 0.105. The van der Waals surface area contributed by atoms with E-state index in [0.29, 0.717) is 17.9 Å². The molecule has 0 aliphatic carbocycles. The lowest BCUT2D eigenvalue weighted by molar-refractivity contribution is -0.123. The van der Waals surface area contributed by atoms with E-state index in [0.717, 1.165) is 10.0 Å². The van der Waals surface area contributed by atoms with E-state index in [1.54, 1.807) is 12.1 Å². The summed E-state index contributed by atoms with van der Waals surface area (Å²) >= 11 is 8.20. The zero-order chi connectivity index (χ0) is 18.7. The maximum absolute atomic E-state index is 12.0. The highest BCUT2D eigenvalue weighted by molar-refractivity contribution is 9.10. The first-order valence-corrected chi connectivity index (χ1v) is 8.99. The van der Waals surface area contributed by atoms with Gasteiger partial charge in [-0.3, -0.25) is 20.2 Å². The predicted octanol–water partition coefficient (Wildman–Crippen LogP) is 3.25. The number of carbonyl (C=O) groups is 2. The van der Waals surface area contributed by atoms with Crippen molar-refractivity contribution in [3.05, 3.63) is 69.2 Å². The van der Waals surface area contributed by atoms with Crippen molar-refractivity contribution < 1.29 is 14.3 Å². The molecule has 0 saturated carbocycles. The van der Waals surface area contributed by atoms with Crippen LogP contribution in [0.3, 0.4) is 0 Å². The van der Waals surface area contributed by atoms with E-state index < -0.39 is 11.8 Å². The van der Waals surface area contributed by atoms with Crippen molar-refractivity contribution in [3.8, 4) is 5.75 Å². The fourth-order valence-electron chi connectivity index (χ4n) is 2.37. The van der Waals surface area contributed by atoms with Gasteiger partial charge in [-0.25, -0.2) is 0 Å². The summed E-state index contributed by atoms with van der Waals surface area (Å²) in [7, 11) is 0. The highest BCUT2D eigenvalue weighted by Crippen LogP contribution is 2.27. The molecule has 2 aromatic rings. The van der Waals surface area contributed by atoms with E-state index in [2.05, 4.69) is 26.6 Å². The van der Waals surface area contributed by atoms with Crippen LogP contribution in [0.1, 0.15) is 16.7 Å². The van der Waals surface area contributed by atoms with Crippen LogP contribution in [-0.4, -0.2) is 16.9 Å². The van der Waals surface area contributed by atoms with Crippen LogP contribution >= 0.6 is 28.1 Å².